The van der Waals surface area contributed by atoms with Crippen LogP contribution < -0.4 is 10.1 Å². The molecule has 0 saturated heterocycles. The standard InChI is InChI=1S/C13H16FNO5/c1-13(2,3)20-12(18)15-8-4-5-9(14)10(6-8)19-7-11(16)17/h4-6H,7H2,1-3H3,(H,15,18)(H,16,17). The van der Waals surface area contributed by atoms with E-state index >= 15 is 0 Å². The Morgan fingerprint density at radius 3 is 2.55 bits per heavy atom. The second kappa shape index (κ2) is 6.23. The molecule has 0 heterocycles. The van der Waals surface area contributed by atoms with Gasteiger partial charge >= 0.3 is 12.1 Å². The van der Waals surface area contributed by atoms with Crippen molar-refractivity contribution in [3.63, 3.8) is 0 Å². The average Bonchev–Trinajstić information content (AvgIpc) is 2.27. The van der Waals surface area contributed by atoms with Crippen LogP contribution in [0.5, 0.6) is 5.75 Å². The number of benzene rings is 1. The molecule has 1 aromatic carbocycles. The average molecular weight is 285 g/mol. The molecule has 20 heavy (non-hydrogen) atoms. The molecule has 0 unspecified atom stereocenters. The van der Waals surface area contributed by atoms with E-state index in [9.17, 15) is 14.0 Å². The predicted octanol–water partition coefficient (Wildman–Crippen LogP) is 2.64. The molecule has 110 valence electrons. The number of hydrogen-bond donors (Lipinski definition) is 2. The number of carboxylic acid groups (broad SMARTS) is 1. The SMILES string of the molecule is CC(C)(C)OC(=O)Nc1ccc(F)c(OCC(=O)O)c1. The first-order chi connectivity index (χ1) is 9.17. The van der Waals surface area contributed by atoms with Gasteiger partial charge in [0.1, 0.15) is 5.60 Å². The fourth-order valence-corrected chi connectivity index (χ4v) is 1.25. The summed E-state index contributed by atoms with van der Waals surface area (Å²) in [6, 6.07) is 3.55. The van der Waals surface area contributed by atoms with Gasteiger partial charge in [-0.3, -0.25) is 5.32 Å². The molecule has 7 heteroatoms. The molecule has 1 rings (SSSR count). The number of nitrogens with one attached hydrogen (secondary N) is 1. The Bertz CT molecular complexity index is 510. The van der Waals surface area contributed by atoms with Crippen LogP contribution in [-0.2, 0) is 9.53 Å². The highest BCUT2D eigenvalue weighted by atomic mass is 19.1. The Hall–Kier alpha value is -2.31. The number of rotatable bonds is 4. The summed E-state index contributed by atoms with van der Waals surface area (Å²) in [6.45, 7) is 4.45. The first-order valence-corrected chi connectivity index (χ1v) is 5.81. The molecule has 1 aromatic rings. The van der Waals surface area contributed by atoms with E-state index in [1.165, 1.54) is 12.1 Å². The lowest BCUT2D eigenvalue weighted by Crippen LogP contribution is -2.27. The molecule has 2 N–H and O–H groups in total. The second-order valence-corrected chi connectivity index (χ2v) is 4.95. The number of ether oxygens (including phenoxy) is 2. The van der Waals surface area contributed by atoms with Gasteiger partial charge in [0.2, 0.25) is 0 Å². The van der Waals surface area contributed by atoms with Crippen LogP contribution in [0.1, 0.15) is 20.8 Å². The third kappa shape index (κ3) is 5.55. The van der Waals surface area contributed by atoms with Crippen molar-refractivity contribution in [1.82, 2.24) is 0 Å². The predicted molar refractivity (Wildman–Crippen MR) is 69.4 cm³/mol. The van der Waals surface area contributed by atoms with Gasteiger partial charge in [0, 0.05) is 11.8 Å². The third-order valence-corrected chi connectivity index (χ3v) is 1.93. The number of carbonyl (C=O) groups excluding carboxylic acids is 1. The molecule has 0 bridgehead atoms. The molecule has 0 spiro atoms. The van der Waals surface area contributed by atoms with Crippen LogP contribution in [0, 0.1) is 5.82 Å². The number of amides is 1. The molecule has 0 aliphatic heterocycles. The molecule has 0 aromatic heterocycles. The Kier molecular flexibility index (Phi) is 4.90. The van der Waals surface area contributed by atoms with Gasteiger partial charge in [-0.05, 0) is 32.9 Å². The zero-order chi connectivity index (χ0) is 15.3. The summed E-state index contributed by atoms with van der Waals surface area (Å²) in [4.78, 5) is 21.9. The quantitative estimate of drug-likeness (QED) is 0.888. The summed E-state index contributed by atoms with van der Waals surface area (Å²) in [5.41, 5.74) is -0.423. The van der Waals surface area contributed by atoms with Gasteiger partial charge in [0.25, 0.3) is 0 Å². The van der Waals surface area contributed by atoms with Crippen molar-refractivity contribution in [1.29, 1.82) is 0 Å². The molecule has 0 saturated carbocycles. The molecule has 0 radical (unpaired) electrons. The van der Waals surface area contributed by atoms with E-state index < -0.39 is 30.1 Å². The highest BCUT2D eigenvalue weighted by Crippen LogP contribution is 2.22. The fraction of sp³-hybridized carbons (Fsp3) is 0.385. The number of carbonyl (C=O) groups is 2. The monoisotopic (exact) mass is 285 g/mol. The number of halogens is 1. The van der Waals surface area contributed by atoms with Crippen LogP contribution in [0.25, 0.3) is 0 Å². The Morgan fingerprint density at radius 2 is 2.00 bits per heavy atom. The van der Waals surface area contributed by atoms with Crippen LogP contribution in [0.2, 0.25) is 0 Å². The number of carboxylic acids is 1. The maximum absolute atomic E-state index is 13.4. The third-order valence-electron chi connectivity index (χ3n) is 1.93. The first-order valence-electron chi connectivity index (χ1n) is 5.81. The Labute approximate surface area is 115 Å². The molecule has 1 amide bonds. The van der Waals surface area contributed by atoms with Gasteiger partial charge in [0.15, 0.2) is 18.2 Å². The Balaban J connectivity index is 2.74. The number of anilines is 1. The number of hydrogen-bond acceptors (Lipinski definition) is 4. The van der Waals surface area contributed by atoms with Gasteiger partial charge in [0.05, 0.1) is 0 Å². The van der Waals surface area contributed by atoms with Gasteiger partial charge < -0.3 is 14.6 Å². The van der Waals surface area contributed by atoms with E-state index in [4.69, 9.17) is 14.6 Å². The van der Waals surface area contributed by atoms with Gasteiger partial charge in [-0.1, -0.05) is 0 Å². The first kappa shape index (κ1) is 15.7. The number of aliphatic carboxylic acids is 1. The van der Waals surface area contributed by atoms with Crippen molar-refractivity contribution in [2.45, 2.75) is 26.4 Å². The van der Waals surface area contributed by atoms with Gasteiger partial charge in [-0.15, -0.1) is 0 Å². The molecule has 0 fully saturated rings. The summed E-state index contributed by atoms with van der Waals surface area (Å²) in [7, 11) is 0. The maximum Gasteiger partial charge on any atom is 0.412 e. The highest BCUT2D eigenvalue weighted by Gasteiger charge is 2.17. The lowest BCUT2D eigenvalue weighted by atomic mass is 10.2. The van der Waals surface area contributed by atoms with E-state index in [0.29, 0.717) is 0 Å². The molecule has 6 nitrogen and oxygen atoms in total. The van der Waals surface area contributed by atoms with E-state index in [1.807, 2.05) is 0 Å². The Morgan fingerprint density at radius 1 is 1.35 bits per heavy atom. The maximum atomic E-state index is 13.4. The lowest BCUT2D eigenvalue weighted by molar-refractivity contribution is -0.139. The highest BCUT2D eigenvalue weighted by molar-refractivity contribution is 5.85. The molecular weight excluding hydrogens is 269 g/mol. The van der Waals surface area contributed by atoms with E-state index in [-0.39, 0.29) is 11.4 Å². The van der Waals surface area contributed by atoms with Crippen molar-refractivity contribution >= 4 is 17.7 Å². The smallest absolute Gasteiger partial charge is 0.412 e. The molecule has 0 atom stereocenters. The van der Waals surface area contributed by atoms with Crippen molar-refractivity contribution in [3.05, 3.63) is 24.0 Å². The van der Waals surface area contributed by atoms with Crippen molar-refractivity contribution in [3.8, 4) is 5.75 Å². The second-order valence-electron chi connectivity index (χ2n) is 4.95. The summed E-state index contributed by atoms with van der Waals surface area (Å²) in [5.74, 6) is -2.21. The van der Waals surface area contributed by atoms with Crippen LogP contribution in [-0.4, -0.2) is 29.4 Å². The zero-order valence-electron chi connectivity index (χ0n) is 11.4. The molecular formula is C13H16FNO5. The minimum absolute atomic E-state index is 0.237. The summed E-state index contributed by atoms with van der Waals surface area (Å²) < 4.78 is 23.2. The summed E-state index contributed by atoms with van der Waals surface area (Å²) in [5, 5.41) is 10.9. The van der Waals surface area contributed by atoms with E-state index in [0.717, 1.165) is 6.07 Å². The topological polar surface area (TPSA) is 84.9 Å². The summed E-state index contributed by atoms with van der Waals surface area (Å²) in [6.07, 6.45) is -0.701. The van der Waals surface area contributed by atoms with Crippen molar-refractivity contribution < 1.29 is 28.6 Å². The van der Waals surface area contributed by atoms with Crippen LogP contribution in [0.3, 0.4) is 0 Å². The minimum atomic E-state index is -1.23. The minimum Gasteiger partial charge on any atom is -0.479 e. The van der Waals surface area contributed by atoms with E-state index in [1.54, 1.807) is 20.8 Å². The van der Waals surface area contributed by atoms with Crippen LogP contribution >= 0.6 is 0 Å². The molecule has 0 aliphatic rings. The lowest BCUT2D eigenvalue weighted by Gasteiger charge is -2.19. The normalized spacial score (nSPS) is 10.8. The summed E-state index contributed by atoms with van der Waals surface area (Å²) >= 11 is 0. The van der Waals surface area contributed by atoms with Crippen molar-refractivity contribution in [2.75, 3.05) is 11.9 Å². The molecule has 0 aliphatic carbocycles. The van der Waals surface area contributed by atoms with Gasteiger partial charge in [-0.2, -0.15) is 0 Å². The van der Waals surface area contributed by atoms with Crippen LogP contribution in [0.4, 0.5) is 14.9 Å². The fourth-order valence-electron chi connectivity index (χ4n) is 1.25. The largest absolute Gasteiger partial charge is 0.479 e. The van der Waals surface area contributed by atoms with Gasteiger partial charge in [-0.25, -0.2) is 14.0 Å². The van der Waals surface area contributed by atoms with Crippen LogP contribution in [0.15, 0.2) is 18.2 Å². The zero-order valence-corrected chi connectivity index (χ0v) is 11.4. The van der Waals surface area contributed by atoms with E-state index in [2.05, 4.69) is 5.32 Å². The van der Waals surface area contributed by atoms with Crippen molar-refractivity contribution in [2.24, 2.45) is 0 Å².